The summed E-state index contributed by atoms with van der Waals surface area (Å²) in [6, 6.07) is 4.78. The number of rotatable bonds is 2. The molecule has 108 valence electrons. The lowest BCUT2D eigenvalue weighted by molar-refractivity contribution is -0.137. The van der Waals surface area contributed by atoms with Crippen LogP contribution >= 0.6 is 12.2 Å². The summed E-state index contributed by atoms with van der Waals surface area (Å²) in [5, 5.41) is 0.453. The normalized spacial score (nSPS) is 14.8. The number of para-hydroxylation sites is 1. The molecule has 0 radical (unpaired) electrons. The van der Waals surface area contributed by atoms with Gasteiger partial charge in [-0.2, -0.15) is 13.2 Å². The summed E-state index contributed by atoms with van der Waals surface area (Å²) in [6.07, 6.45) is -3.13. The van der Waals surface area contributed by atoms with Gasteiger partial charge in [-0.15, -0.1) is 0 Å². The monoisotopic (exact) mass is 303 g/mol. The molecule has 20 heavy (non-hydrogen) atoms. The number of amides is 1. The fraction of sp³-hybridized carbons (Fsp3) is 0.333. The first-order valence-corrected chi connectivity index (χ1v) is 6.28. The number of hydrogen-bond donors (Lipinski definition) is 2. The molecular weight excluding hydrogens is 291 g/mol. The maximum atomic E-state index is 13.0. The molecule has 3 N–H and O–H groups in total. The number of halogens is 3. The molecule has 8 heteroatoms. The van der Waals surface area contributed by atoms with E-state index in [1.165, 1.54) is 18.2 Å². The molecule has 1 saturated carbocycles. The van der Waals surface area contributed by atoms with E-state index in [0.29, 0.717) is 0 Å². The van der Waals surface area contributed by atoms with Crippen molar-refractivity contribution in [2.24, 2.45) is 11.7 Å². The molecule has 2 rings (SSSR count). The van der Waals surface area contributed by atoms with Crippen LogP contribution in [0.5, 0.6) is 0 Å². The fourth-order valence-electron chi connectivity index (χ4n) is 1.69. The predicted octanol–water partition coefficient (Wildman–Crippen LogP) is 2.20. The lowest BCUT2D eigenvalue weighted by Gasteiger charge is -2.26. The molecule has 0 atom stereocenters. The van der Waals surface area contributed by atoms with E-state index in [-0.39, 0.29) is 22.6 Å². The standard InChI is InChI=1S/C12H12F3N3OS/c13-12(14,15)8-3-1-2-4-9(8)18(11(16)20)17-10(19)7-5-6-7/h1-4,7H,5-6H2,(H2,16,20)(H,17,19). The molecule has 0 spiro atoms. The van der Waals surface area contributed by atoms with Crippen LogP contribution in [0, 0.1) is 5.92 Å². The molecule has 0 bridgehead atoms. The summed E-state index contributed by atoms with van der Waals surface area (Å²) < 4.78 is 38.9. The Kier molecular flexibility index (Phi) is 3.85. The van der Waals surface area contributed by atoms with Gasteiger partial charge in [0.05, 0.1) is 11.3 Å². The Bertz CT molecular complexity index is 543. The van der Waals surface area contributed by atoms with Crippen molar-refractivity contribution in [3.8, 4) is 0 Å². The van der Waals surface area contributed by atoms with Crippen LogP contribution in [0.3, 0.4) is 0 Å². The highest BCUT2D eigenvalue weighted by Gasteiger charge is 2.37. The molecular formula is C12H12F3N3OS. The number of alkyl halides is 3. The summed E-state index contributed by atoms with van der Waals surface area (Å²) in [4.78, 5) is 11.7. The number of nitrogens with two attached hydrogens (primary N) is 1. The first-order valence-electron chi connectivity index (χ1n) is 5.87. The number of nitrogens with one attached hydrogen (secondary N) is 1. The van der Waals surface area contributed by atoms with E-state index in [2.05, 4.69) is 5.43 Å². The molecule has 4 nitrogen and oxygen atoms in total. The average Bonchev–Trinajstić information content (AvgIpc) is 3.18. The lowest BCUT2D eigenvalue weighted by atomic mass is 10.1. The van der Waals surface area contributed by atoms with Gasteiger partial charge in [0.15, 0.2) is 5.11 Å². The fourth-order valence-corrected chi connectivity index (χ4v) is 1.83. The minimum atomic E-state index is -4.57. The molecule has 1 aromatic rings. The number of carbonyl (C=O) groups is 1. The van der Waals surface area contributed by atoms with Crippen molar-refractivity contribution in [3.63, 3.8) is 0 Å². The highest BCUT2D eigenvalue weighted by molar-refractivity contribution is 7.80. The van der Waals surface area contributed by atoms with Gasteiger partial charge in [-0.25, -0.2) is 5.01 Å². The molecule has 0 heterocycles. The Morgan fingerprint density at radius 2 is 1.95 bits per heavy atom. The second-order valence-corrected chi connectivity index (χ2v) is 4.86. The molecule has 1 fully saturated rings. The maximum absolute atomic E-state index is 13.0. The Balaban J connectivity index is 2.34. The molecule has 1 aliphatic carbocycles. The van der Waals surface area contributed by atoms with Crippen molar-refractivity contribution in [2.45, 2.75) is 19.0 Å². The summed E-state index contributed by atoms with van der Waals surface area (Å²) in [5.74, 6) is -0.556. The van der Waals surface area contributed by atoms with Crippen LogP contribution in [0.1, 0.15) is 18.4 Å². The maximum Gasteiger partial charge on any atom is 0.418 e. The van der Waals surface area contributed by atoms with E-state index in [4.69, 9.17) is 18.0 Å². The van der Waals surface area contributed by atoms with Gasteiger partial charge in [-0.3, -0.25) is 10.2 Å². The first kappa shape index (κ1) is 14.6. The van der Waals surface area contributed by atoms with Gasteiger partial charge in [0.25, 0.3) is 0 Å². The number of benzene rings is 1. The number of carbonyl (C=O) groups excluding carboxylic acids is 1. The Morgan fingerprint density at radius 3 is 2.45 bits per heavy atom. The molecule has 1 amide bonds. The first-order chi connectivity index (χ1) is 9.30. The summed E-state index contributed by atoms with van der Waals surface area (Å²) in [5.41, 5.74) is 6.56. The van der Waals surface area contributed by atoms with Crippen molar-refractivity contribution >= 4 is 28.9 Å². The van der Waals surface area contributed by atoms with Gasteiger partial charge in [-0.1, -0.05) is 12.1 Å². The van der Waals surface area contributed by atoms with Crippen molar-refractivity contribution in [2.75, 3.05) is 5.01 Å². The smallest absolute Gasteiger partial charge is 0.374 e. The lowest BCUT2D eigenvalue weighted by Crippen LogP contribution is -2.50. The van der Waals surface area contributed by atoms with Crippen LogP contribution in [-0.2, 0) is 11.0 Å². The molecule has 1 aromatic carbocycles. The summed E-state index contributed by atoms with van der Waals surface area (Å²) in [6.45, 7) is 0. The highest BCUT2D eigenvalue weighted by atomic mass is 32.1. The SMILES string of the molecule is NC(=S)N(NC(=O)C1CC1)c1ccccc1C(F)(F)F. The highest BCUT2D eigenvalue weighted by Crippen LogP contribution is 2.36. The van der Waals surface area contributed by atoms with Crippen molar-refractivity contribution < 1.29 is 18.0 Å². The number of anilines is 1. The second kappa shape index (κ2) is 5.28. The van der Waals surface area contributed by atoms with Crippen LogP contribution in [-0.4, -0.2) is 11.0 Å². The molecule has 0 unspecified atom stereocenters. The second-order valence-electron chi connectivity index (χ2n) is 4.44. The van der Waals surface area contributed by atoms with Gasteiger partial charge in [-0.05, 0) is 37.2 Å². The van der Waals surface area contributed by atoms with E-state index in [1.807, 2.05) is 0 Å². The van der Waals surface area contributed by atoms with E-state index in [1.54, 1.807) is 0 Å². The molecule has 0 aliphatic heterocycles. The minimum Gasteiger partial charge on any atom is -0.374 e. The van der Waals surface area contributed by atoms with Gasteiger partial charge in [0.2, 0.25) is 5.91 Å². The number of thiocarbonyl (C=S) groups is 1. The average molecular weight is 303 g/mol. The van der Waals surface area contributed by atoms with E-state index in [9.17, 15) is 18.0 Å². The third kappa shape index (κ3) is 3.19. The summed E-state index contributed by atoms with van der Waals surface area (Å²) >= 11 is 4.73. The Hall–Kier alpha value is -1.83. The zero-order valence-corrected chi connectivity index (χ0v) is 11.1. The molecule has 0 saturated heterocycles. The van der Waals surface area contributed by atoms with Gasteiger partial charge >= 0.3 is 6.18 Å². The third-order valence-electron chi connectivity index (χ3n) is 2.84. The predicted molar refractivity (Wildman–Crippen MR) is 71.6 cm³/mol. The van der Waals surface area contributed by atoms with Crippen LogP contribution in [0.25, 0.3) is 0 Å². The van der Waals surface area contributed by atoms with Crippen LogP contribution in [0.2, 0.25) is 0 Å². The number of hydrogen-bond acceptors (Lipinski definition) is 2. The molecule has 0 aromatic heterocycles. The van der Waals surface area contributed by atoms with E-state index >= 15 is 0 Å². The number of hydrazine groups is 1. The summed E-state index contributed by atoms with van der Waals surface area (Å²) in [7, 11) is 0. The van der Waals surface area contributed by atoms with E-state index < -0.39 is 11.7 Å². The van der Waals surface area contributed by atoms with Gasteiger partial charge in [0.1, 0.15) is 0 Å². The van der Waals surface area contributed by atoms with Crippen LogP contribution in [0.15, 0.2) is 24.3 Å². The Morgan fingerprint density at radius 1 is 1.35 bits per heavy atom. The Labute approximate surface area is 118 Å². The van der Waals surface area contributed by atoms with Gasteiger partial charge in [0, 0.05) is 5.92 Å². The zero-order valence-electron chi connectivity index (χ0n) is 10.3. The van der Waals surface area contributed by atoms with Crippen molar-refractivity contribution in [3.05, 3.63) is 29.8 Å². The van der Waals surface area contributed by atoms with Crippen molar-refractivity contribution in [1.82, 2.24) is 5.43 Å². The quantitative estimate of drug-likeness (QED) is 0.649. The van der Waals surface area contributed by atoms with Crippen LogP contribution < -0.4 is 16.2 Å². The largest absolute Gasteiger partial charge is 0.418 e. The topological polar surface area (TPSA) is 58.4 Å². The van der Waals surface area contributed by atoms with Crippen LogP contribution in [0.4, 0.5) is 18.9 Å². The zero-order chi connectivity index (χ0) is 14.9. The number of nitrogens with zero attached hydrogens (tertiary/aromatic N) is 1. The molecule has 1 aliphatic rings. The third-order valence-corrected chi connectivity index (χ3v) is 3.02. The minimum absolute atomic E-state index is 0.176. The van der Waals surface area contributed by atoms with E-state index in [0.717, 1.165) is 23.9 Å². The van der Waals surface area contributed by atoms with Crippen molar-refractivity contribution in [1.29, 1.82) is 0 Å². The van der Waals surface area contributed by atoms with Gasteiger partial charge < -0.3 is 5.73 Å².